The minimum absolute atomic E-state index is 0.293. The molecule has 0 radical (unpaired) electrons. The number of ether oxygens (including phenoxy) is 1. The molecule has 86 valence electrons. The second kappa shape index (κ2) is 5.42. The second-order valence-electron chi connectivity index (χ2n) is 3.91. The quantitative estimate of drug-likeness (QED) is 0.815. The van der Waals surface area contributed by atoms with Crippen LogP contribution < -0.4 is 5.32 Å². The molecule has 1 aromatic rings. The molecule has 0 saturated heterocycles. The Morgan fingerprint density at radius 3 is 2.75 bits per heavy atom. The highest BCUT2D eigenvalue weighted by Crippen LogP contribution is 2.12. The van der Waals surface area contributed by atoms with Crippen LogP contribution in [0, 0.1) is 11.3 Å². The lowest BCUT2D eigenvalue weighted by Crippen LogP contribution is -2.33. The van der Waals surface area contributed by atoms with Crippen molar-refractivity contribution in [3.63, 3.8) is 0 Å². The van der Waals surface area contributed by atoms with Gasteiger partial charge in [0.1, 0.15) is 6.07 Å². The van der Waals surface area contributed by atoms with Crippen LogP contribution in [0.4, 0.5) is 5.82 Å². The molecule has 1 N–H and O–H groups in total. The molecule has 0 spiro atoms. The van der Waals surface area contributed by atoms with Crippen molar-refractivity contribution in [1.82, 2.24) is 9.97 Å². The van der Waals surface area contributed by atoms with Gasteiger partial charge in [-0.1, -0.05) is 0 Å². The maximum atomic E-state index is 8.83. The van der Waals surface area contributed by atoms with Gasteiger partial charge in [0, 0.05) is 25.5 Å². The normalized spacial score (nSPS) is 10.9. The molecule has 0 aliphatic heterocycles. The highest BCUT2D eigenvalue weighted by molar-refractivity contribution is 5.46. The summed E-state index contributed by atoms with van der Waals surface area (Å²) in [6.07, 6.45) is 3.05. The van der Waals surface area contributed by atoms with E-state index in [9.17, 15) is 0 Å². The molecule has 0 atom stereocenters. The van der Waals surface area contributed by atoms with Gasteiger partial charge in [0.2, 0.25) is 0 Å². The van der Waals surface area contributed by atoms with E-state index in [0.717, 1.165) is 0 Å². The van der Waals surface area contributed by atoms with Crippen LogP contribution in [0.25, 0.3) is 0 Å². The van der Waals surface area contributed by atoms with E-state index in [1.165, 1.54) is 6.20 Å². The number of nitrogens with one attached hydrogen (secondary N) is 1. The van der Waals surface area contributed by atoms with Gasteiger partial charge in [0.05, 0.1) is 5.60 Å². The van der Waals surface area contributed by atoms with Gasteiger partial charge < -0.3 is 10.1 Å². The van der Waals surface area contributed by atoms with Crippen LogP contribution in [0.2, 0.25) is 0 Å². The number of rotatable bonds is 5. The van der Waals surface area contributed by atoms with Crippen LogP contribution in [0.15, 0.2) is 12.4 Å². The molecule has 0 fully saturated rings. The summed E-state index contributed by atoms with van der Waals surface area (Å²) < 4.78 is 5.53. The molecule has 0 saturated carbocycles. The summed E-state index contributed by atoms with van der Waals surface area (Å²) in [7, 11) is 0. The summed E-state index contributed by atoms with van der Waals surface area (Å²) in [6, 6.07) is 1.99. The zero-order valence-corrected chi connectivity index (χ0v) is 9.82. The number of aromatic nitrogens is 2. The summed E-state index contributed by atoms with van der Waals surface area (Å²) in [5.74, 6) is 0.498. The standard InChI is InChI=1S/C11H16N4O/c1-4-16-11(2,3)8-15-10-9(7-12)13-5-6-14-10/h5-6H,4,8H2,1-3H3,(H,14,15). The van der Waals surface area contributed by atoms with Crippen molar-refractivity contribution in [3.05, 3.63) is 18.1 Å². The highest BCUT2D eigenvalue weighted by atomic mass is 16.5. The Morgan fingerprint density at radius 1 is 1.44 bits per heavy atom. The fourth-order valence-electron chi connectivity index (χ4n) is 1.29. The Balaban J connectivity index is 2.65. The van der Waals surface area contributed by atoms with Gasteiger partial charge in [-0.25, -0.2) is 9.97 Å². The third-order valence-corrected chi connectivity index (χ3v) is 2.02. The van der Waals surface area contributed by atoms with Crippen molar-refractivity contribution in [2.45, 2.75) is 26.4 Å². The third-order valence-electron chi connectivity index (χ3n) is 2.02. The Kier molecular flexibility index (Phi) is 4.20. The number of anilines is 1. The van der Waals surface area contributed by atoms with E-state index in [4.69, 9.17) is 10.00 Å². The third kappa shape index (κ3) is 3.48. The molecule has 1 heterocycles. The SMILES string of the molecule is CCOC(C)(C)CNc1nccnc1C#N. The molecule has 1 rings (SSSR count). The van der Waals surface area contributed by atoms with E-state index in [2.05, 4.69) is 15.3 Å². The van der Waals surface area contributed by atoms with Gasteiger partial charge in [-0.15, -0.1) is 0 Å². The van der Waals surface area contributed by atoms with Crippen molar-refractivity contribution in [3.8, 4) is 6.07 Å². The Bertz CT molecular complexity index is 384. The molecule has 0 aliphatic carbocycles. The molecule has 0 aliphatic rings. The lowest BCUT2D eigenvalue weighted by molar-refractivity contribution is 0.000636. The summed E-state index contributed by atoms with van der Waals surface area (Å²) in [6.45, 7) is 7.14. The molecular formula is C11H16N4O. The van der Waals surface area contributed by atoms with Gasteiger partial charge in [0.25, 0.3) is 0 Å². The fourth-order valence-corrected chi connectivity index (χ4v) is 1.29. The van der Waals surface area contributed by atoms with Crippen molar-refractivity contribution in [2.75, 3.05) is 18.5 Å². The van der Waals surface area contributed by atoms with Crippen molar-refractivity contribution >= 4 is 5.82 Å². The van der Waals surface area contributed by atoms with E-state index in [0.29, 0.717) is 24.7 Å². The first-order valence-corrected chi connectivity index (χ1v) is 5.18. The lowest BCUT2D eigenvalue weighted by atomic mass is 10.1. The molecule has 5 heteroatoms. The summed E-state index contributed by atoms with van der Waals surface area (Å²) >= 11 is 0. The number of hydrogen-bond donors (Lipinski definition) is 1. The average Bonchev–Trinajstić information content (AvgIpc) is 2.27. The van der Waals surface area contributed by atoms with Crippen LogP contribution in [0.3, 0.4) is 0 Å². The molecule has 1 aromatic heterocycles. The van der Waals surface area contributed by atoms with Crippen molar-refractivity contribution < 1.29 is 4.74 Å². The fraction of sp³-hybridized carbons (Fsp3) is 0.545. The molecular weight excluding hydrogens is 204 g/mol. The van der Waals surface area contributed by atoms with Gasteiger partial charge in [-0.05, 0) is 20.8 Å². The van der Waals surface area contributed by atoms with Gasteiger partial charge in [-0.2, -0.15) is 5.26 Å². The highest BCUT2D eigenvalue weighted by Gasteiger charge is 2.18. The Morgan fingerprint density at radius 2 is 2.12 bits per heavy atom. The first-order valence-electron chi connectivity index (χ1n) is 5.18. The molecule has 5 nitrogen and oxygen atoms in total. The monoisotopic (exact) mass is 220 g/mol. The van der Waals surface area contributed by atoms with E-state index < -0.39 is 0 Å². The topological polar surface area (TPSA) is 70.8 Å². The number of nitrogens with zero attached hydrogens (tertiary/aromatic N) is 3. The Hall–Kier alpha value is -1.67. The number of nitriles is 1. The van der Waals surface area contributed by atoms with Crippen LogP contribution in [-0.4, -0.2) is 28.7 Å². The zero-order chi connectivity index (χ0) is 12.0. The molecule has 0 aromatic carbocycles. The Labute approximate surface area is 95.5 Å². The van der Waals surface area contributed by atoms with Crippen LogP contribution >= 0.6 is 0 Å². The van der Waals surface area contributed by atoms with E-state index in [1.807, 2.05) is 26.8 Å². The minimum Gasteiger partial charge on any atom is -0.374 e. The van der Waals surface area contributed by atoms with E-state index >= 15 is 0 Å². The minimum atomic E-state index is -0.293. The van der Waals surface area contributed by atoms with Crippen molar-refractivity contribution in [2.24, 2.45) is 0 Å². The van der Waals surface area contributed by atoms with E-state index in [1.54, 1.807) is 6.20 Å². The second-order valence-corrected chi connectivity index (χ2v) is 3.91. The predicted octanol–water partition coefficient (Wildman–Crippen LogP) is 1.58. The van der Waals surface area contributed by atoms with Crippen molar-refractivity contribution in [1.29, 1.82) is 5.26 Å². The largest absolute Gasteiger partial charge is 0.374 e. The zero-order valence-electron chi connectivity index (χ0n) is 9.82. The molecule has 16 heavy (non-hydrogen) atoms. The first-order chi connectivity index (χ1) is 7.59. The predicted molar refractivity (Wildman–Crippen MR) is 60.9 cm³/mol. The first kappa shape index (κ1) is 12.4. The van der Waals surface area contributed by atoms with Crippen LogP contribution in [0.5, 0.6) is 0 Å². The van der Waals surface area contributed by atoms with Gasteiger partial charge in [0.15, 0.2) is 11.5 Å². The van der Waals surface area contributed by atoms with E-state index in [-0.39, 0.29) is 5.60 Å². The summed E-state index contributed by atoms with van der Waals surface area (Å²) in [5, 5.41) is 11.9. The maximum absolute atomic E-state index is 8.83. The molecule has 0 amide bonds. The van der Waals surface area contributed by atoms with Crippen LogP contribution in [-0.2, 0) is 4.74 Å². The molecule has 0 bridgehead atoms. The van der Waals surface area contributed by atoms with Gasteiger partial charge >= 0.3 is 0 Å². The number of hydrogen-bond acceptors (Lipinski definition) is 5. The van der Waals surface area contributed by atoms with Gasteiger partial charge in [-0.3, -0.25) is 0 Å². The summed E-state index contributed by atoms with van der Waals surface area (Å²) in [5.41, 5.74) is 0.00808. The summed E-state index contributed by atoms with van der Waals surface area (Å²) in [4.78, 5) is 7.98. The lowest BCUT2D eigenvalue weighted by Gasteiger charge is -2.25. The van der Waals surface area contributed by atoms with Crippen LogP contribution in [0.1, 0.15) is 26.5 Å². The smallest absolute Gasteiger partial charge is 0.182 e. The molecule has 0 unspecified atom stereocenters. The maximum Gasteiger partial charge on any atom is 0.182 e. The average molecular weight is 220 g/mol.